The van der Waals surface area contributed by atoms with Crippen LogP contribution >= 0.6 is 23.4 Å². The molecule has 0 radical (unpaired) electrons. The molecule has 8 heteroatoms. The highest BCUT2D eigenvalue weighted by molar-refractivity contribution is 7.98. The molecule has 128 valence electrons. The standard InChI is InChI=1S/C16H16ClFN2O3S/c1-5-8-12(16(21)23-3)19-14(20-15(8)24-4)9-6-7-10(17)13(22-2)11(9)18/h6-7H,5H2,1-4H3. The van der Waals surface area contributed by atoms with Crippen molar-refractivity contribution in [1.29, 1.82) is 0 Å². The Morgan fingerprint density at radius 3 is 2.58 bits per heavy atom. The minimum absolute atomic E-state index is 0.0735. The molecule has 1 heterocycles. The number of halogens is 2. The molecular formula is C16H16ClFN2O3S. The topological polar surface area (TPSA) is 61.3 Å². The molecule has 2 aromatic rings. The summed E-state index contributed by atoms with van der Waals surface area (Å²) in [4.78, 5) is 20.6. The van der Waals surface area contributed by atoms with Crippen molar-refractivity contribution in [3.8, 4) is 17.1 Å². The van der Waals surface area contributed by atoms with E-state index in [1.807, 2.05) is 13.2 Å². The summed E-state index contributed by atoms with van der Waals surface area (Å²) in [7, 11) is 2.59. The van der Waals surface area contributed by atoms with Gasteiger partial charge in [-0.3, -0.25) is 0 Å². The van der Waals surface area contributed by atoms with E-state index in [9.17, 15) is 9.18 Å². The summed E-state index contributed by atoms with van der Waals surface area (Å²) in [6, 6.07) is 2.94. The van der Waals surface area contributed by atoms with Crippen LogP contribution < -0.4 is 4.74 Å². The average Bonchev–Trinajstić information content (AvgIpc) is 2.60. The summed E-state index contributed by atoms with van der Waals surface area (Å²) in [6.07, 6.45) is 2.37. The van der Waals surface area contributed by atoms with Gasteiger partial charge in [-0.15, -0.1) is 11.8 Å². The van der Waals surface area contributed by atoms with Gasteiger partial charge in [0.15, 0.2) is 23.1 Å². The molecule has 1 aromatic carbocycles. The lowest BCUT2D eigenvalue weighted by atomic mass is 10.1. The zero-order valence-corrected chi connectivity index (χ0v) is 15.2. The van der Waals surface area contributed by atoms with Crippen LogP contribution in [-0.2, 0) is 11.2 Å². The van der Waals surface area contributed by atoms with Gasteiger partial charge >= 0.3 is 5.97 Å². The molecule has 0 unspecified atom stereocenters. The van der Waals surface area contributed by atoms with Gasteiger partial charge in [0.2, 0.25) is 0 Å². The molecule has 5 nitrogen and oxygen atoms in total. The largest absolute Gasteiger partial charge is 0.492 e. The van der Waals surface area contributed by atoms with E-state index >= 15 is 0 Å². The number of carbonyl (C=O) groups excluding carboxylic acids is 1. The van der Waals surface area contributed by atoms with Crippen LogP contribution in [0.15, 0.2) is 17.2 Å². The van der Waals surface area contributed by atoms with Crippen LogP contribution in [0, 0.1) is 5.82 Å². The Morgan fingerprint density at radius 2 is 2.04 bits per heavy atom. The summed E-state index contributed by atoms with van der Waals surface area (Å²) >= 11 is 7.27. The third-order valence-corrected chi connectivity index (χ3v) is 4.41. The van der Waals surface area contributed by atoms with Gasteiger partial charge in [0, 0.05) is 5.56 Å². The van der Waals surface area contributed by atoms with E-state index in [1.54, 1.807) is 0 Å². The van der Waals surface area contributed by atoms with Gasteiger partial charge in [0.25, 0.3) is 0 Å². The smallest absolute Gasteiger partial charge is 0.357 e. The zero-order valence-electron chi connectivity index (χ0n) is 13.6. The van der Waals surface area contributed by atoms with E-state index in [1.165, 1.54) is 38.1 Å². The highest BCUT2D eigenvalue weighted by atomic mass is 35.5. The molecule has 0 atom stereocenters. The second-order valence-electron chi connectivity index (χ2n) is 4.67. The Hall–Kier alpha value is -1.86. The third kappa shape index (κ3) is 3.32. The van der Waals surface area contributed by atoms with Gasteiger partial charge in [-0.2, -0.15) is 0 Å². The highest BCUT2D eigenvalue weighted by Gasteiger charge is 2.23. The minimum Gasteiger partial charge on any atom is -0.492 e. The molecule has 0 N–H and O–H groups in total. The van der Waals surface area contributed by atoms with Gasteiger partial charge in [0.1, 0.15) is 5.03 Å². The fourth-order valence-electron chi connectivity index (χ4n) is 2.23. The number of aromatic nitrogens is 2. The lowest BCUT2D eigenvalue weighted by Gasteiger charge is -2.13. The normalized spacial score (nSPS) is 10.6. The maximum absolute atomic E-state index is 14.6. The first-order valence-electron chi connectivity index (χ1n) is 7.03. The predicted octanol–water partition coefficient (Wildman–Crippen LogP) is 4.02. The fourth-order valence-corrected chi connectivity index (χ4v) is 3.12. The van der Waals surface area contributed by atoms with Crippen LogP contribution in [0.25, 0.3) is 11.4 Å². The lowest BCUT2D eigenvalue weighted by Crippen LogP contribution is -2.12. The number of esters is 1. The van der Waals surface area contributed by atoms with Crippen molar-refractivity contribution < 1.29 is 18.7 Å². The van der Waals surface area contributed by atoms with E-state index < -0.39 is 11.8 Å². The number of nitrogens with zero attached hydrogens (tertiary/aromatic N) is 2. The zero-order chi connectivity index (χ0) is 17.9. The number of hydrogen-bond acceptors (Lipinski definition) is 6. The van der Waals surface area contributed by atoms with Crippen molar-refractivity contribution in [2.24, 2.45) is 0 Å². The number of methoxy groups -OCH3 is 2. The summed E-state index contributed by atoms with van der Waals surface area (Å²) < 4.78 is 24.4. The maximum Gasteiger partial charge on any atom is 0.357 e. The molecule has 1 aromatic heterocycles. The molecule has 0 aliphatic carbocycles. The SMILES string of the molecule is CCc1c(SC)nc(-c2ccc(Cl)c(OC)c2F)nc1C(=O)OC. The van der Waals surface area contributed by atoms with Crippen molar-refractivity contribution >= 4 is 29.3 Å². The summed E-state index contributed by atoms with van der Waals surface area (Å²) in [6.45, 7) is 1.89. The van der Waals surface area contributed by atoms with E-state index in [-0.39, 0.29) is 27.9 Å². The molecular weight excluding hydrogens is 355 g/mol. The minimum atomic E-state index is -0.683. The highest BCUT2D eigenvalue weighted by Crippen LogP contribution is 2.35. The molecule has 0 saturated carbocycles. The van der Waals surface area contributed by atoms with E-state index in [2.05, 4.69) is 9.97 Å². The molecule has 0 amide bonds. The molecule has 2 rings (SSSR count). The first-order valence-corrected chi connectivity index (χ1v) is 8.64. The monoisotopic (exact) mass is 370 g/mol. The van der Waals surface area contributed by atoms with E-state index in [4.69, 9.17) is 21.1 Å². The lowest BCUT2D eigenvalue weighted by molar-refractivity contribution is 0.0592. The van der Waals surface area contributed by atoms with Crippen LogP contribution in [0.5, 0.6) is 5.75 Å². The van der Waals surface area contributed by atoms with Crippen molar-refractivity contribution in [1.82, 2.24) is 9.97 Å². The second-order valence-corrected chi connectivity index (χ2v) is 5.87. The summed E-state index contributed by atoms with van der Waals surface area (Å²) in [5, 5.41) is 0.735. The Morgan fingerprint density at radius 1 is 1.33 bits per heavy atom. The summed E-state index contributed by atoms with van der Waals surface area (Å²) in [5.41, 5.74) is 0.890. The number of thioether (sulfide) groups is 1. The summed E-state index contributed by atoms with van der Waals surface area (Å²) in [5.74, 6) is -1.30. The van der Waals surface area contributed by atoms with Gasteiger partial charge < -0.3 is 9.47 Å². The molecule has 0 spiro atoms. The van der Waals surface area contributed by atoms with Crippen LogP contribution in [0.3, 0.4) is 0 Å². The Balaban J connectivity index is 2.74. The van der Waals surface area contributed by atoms with Crippen LogP contribution in [0.2, 0.25) is 5.02 Å². The van der Waals surface area contributed by atoms with Crippen LogP contribution in [0.1, 0.15) is 23.0 Å². The first-order chi connectivity index (χ1) is 11.5. The van der Waals surface area contributed by atoms with Gasteiger partial charge in [-0.1, -0.05) is 18.5 Å². The molecule has 24 heavy (non-hydrogen) atoms. The van der Waals surface area contributed by atoms with Crippen LogP contribution in [-0.4, -0.2) is 36.4 Å². The predicted molar refractivity (Wildman–Crippen MR) is 91.5 cm³/mol. The Kier molecular flexibility index (Phi) is 6.01. The molecule has 0 aliphatic heterocycles. The van der Waals surface area contributed by atoms with Crippen molar-refractivity contribution in [3.05, 3.63) is 34.2 Å². The van der Waals surface area contributed by atoms with Gasteiger partial charge in [-0.05, 0) is 24.8 Å². The molecule has 0 aliphatic rings. The third-order valence-electron chi connectivity index (χ3n) is 3.39. The molecule has 0 saturated heterocycles. The first kappa shape index (κ1) is 18.5. The molecule has 0 fully saturated rings. The second kappa shape index (κ2) is 7.81. The van der Waals surface area contributed by atoms with E-state index in [0.29, 0.717) is 17.0 Å². The number of ether oxygens (including phenoxy) is 2. The number of rotatable bonds is 5. The molecule has 0 bridgehead atoms. The van der Waals surface area contributed by atoms with Gasteiger partial charge in [-0.25, -0.2) is 19.2 Å². The van der Waals surface area contributed by atoms with E-state index in [0.717, 1.165) is 0 Å². The number of benzene rings is 1. The Labute approximate surface area is 148 Å². The quantitative estimate of drug-likeness (QED) is 0.450. The fraction of sp³-hybridized carbons (Fsp3) is 0.312. The van der Waals surface area contributed by atoms with Crippen molar-refractivity contribution in [3.63, 3.8) is 0 Å². The van der Waals surface area contributed by atoms with Gasteiger partial charge in [0.05, 0.1) is 24.8 Å². The maximum atomic E-state index is 14.6. The Bertz CT molecular complexity index is 786. The average molecular weight is 371 g/mol. The van der Waals surface area contributed by atoms with Crippen molar-refractivity contribution in [2.45, 2.75) is 18.4 Å². The number of hydrogen-bond donors (Lipinski definition) is 0. The van der Waals surface area contributed by atoms with Crippen molar-refractivity contribution in [2.75, 3.05) is 20.5 Å². The van der Waals surface area contributed by atoms with Crippen LogP contribution in [0.4, 0.5) is 4.39 Å². The number of carbonyl (C=O) groups is 1.